The van der Waals surface area contributed by atoms with Gasteiger partial charge in [0.05, 0.1) is 10.7 Å². The number of allylic oxidation sites excluding steroid dienone is 2. The van der Waals surface area contributed by atoms with Gasteiger partial charge in [-0.3, -0.25) is 0 Å². The Morgan fingerprint density at radius 2 is 1.79 bits per heavy atom. The summed E-state index contributed by atoms with van der Waals surface area (Å²) in [5.41, 5.74) is 3.99. The summed E-state index contributed by atoms with van der Waals surface area (Å²) in [5, 5.41) is 2.67. The molecule has 3 aromatic rings. The van der Waals surface area contributed by atoms with Gasteiger partial charge in [-0.25, -0.2) is 0 Å². The molecule has 0 aliphatic carbocycles. The number of thiazole rings is 1. The van der Waals surface area contributed by atoms with Crippen LogP contribution in [-0.4, -0.2) is 6.54 Å². The van der Waals surface area contributed by atoms with Crippen molar-refractivity contribution in [1.82, 2.24) is 0 Å². The molecule has 0 unspecified atom stereocenters. The maximum absolute atomic E-state index is 2.46. The van der Waals surface area contributed by atoms with E-state index in [0.29, 0.717) is 0 Å². The van der Waals surface area contributed by atoms with E-state index in [4.69, 9.17) is 0 Å². The topological polar surface area (TPSA) is 7.12 Å². The predicted octanol–water partition coefficient (Wildman–Crippen LogP) is 3.87. The summed E-state index contributed by atoms with van der Waals surface area (Å²) in [6, 6.07) is 17.5. The Hall–Kier alpha value is -1.31. The zero-order chi connectivity index (χ0) is 19.5. The number of anilines is 1. The molecule has 0 radical (unpaired) electrons. The number of nitrogens with zero attached hydrogens (tertiary/aromatic N) is 2. The number of para-hydroxylation sites is 2. The highest BCUT2D eigenvalue weighted by atomic mass is 127. The number of aromatic nitrogens is 1. The Labute approximate surface area is 199 Å². The third-order valence-electron chi connectivity index (χ3n) is 4.87. The van der Waals surface area contributed by atoms with Crippen LogP contribution < -0.4 is 33.4 Å². The van der Waals surface area contributed by atoms with Gasteiger partial charge in [-0.2, -0.15) is 4.57 Å². The van der Waals surface area contributed by atoms with E-state index in [9.17, 15) is 0 Å². The van der Waals surface area contributed by atoms with Crippen LogP contribution in [0.15, 0.2) is 70.1 Å². The molecule has 0 spiro atoms. The zero-order valence-electron chi connectivity index (χ0n) is 17.2. The zero-order valence-corrected chi connectivity index (χ0v) is 21.0. The fraction of sp³-hybridized carbons (Fsp3) is 0.292. The number of hydrogen-bond donors (Lipinski definition) is 0. The lowest BCUT2D eigenvalue weighted by atomic mass is 10.2. The van der Waals surface area contributed by atoms with Gasteiger partial charge in [-0.1, -0.05) is 61.2 Å². The van der Waals surface area contributed by atoms with E-state index in [2.05, 4.69) is 90.9 Å². The molecule has 0 atom stereocenters. The van der Waals surface area contributed by atoms with Crippen LogP contribution >= 0.6 is 23.1 Å². The van der Waals surface area contributed by atoms with Gasteiger partial charge in [0.2, 0.25) is 5.52 Å². The third-order valence-corrected chi connectivity index (χ3v) is 7.09. The maximum atomic E-state index is 2.46. The highest BCUT2D eigenvalue weighted by Gasteiger charge is 2.24. The van der Waals surface area contributed by atoms with Gasteiger partial charge < -0.3 is 28.9 Å². The Balaban J connectivity index is 0.00000240. The molecule has 2 aromatic carbocycles. The highest BCUT2D eigenvalue weighted by Crippen LogP contribution is 2.46. The molecule has 1 aliphatic heterocycles. The quantitative estimate of drug-likeness (QED) is 0.350. The minimum absolute atomic E-state index is 0. The fourth-order valence-electron chi connectivity index (χ4n) is 3.66. The molecule has 0 bridgehead atoms. The van der Waals surface area contributed by atoms with E-state index >= 15 is 0 Å². The average Bonchev–Trinajstić information content (AvgIpc) is 3.21. The second-order valence-corrected chi connectivity index (χ2v) is 9.28. The molecule has 0 fully saturated rings. The van der Waals surface area contributed by atoms with Gasteiger partial charge in [0.25, 0.3) is 5.01 Å². The van der Waals surface area contributed by atoms with E-state index in [0.717, 1.165) is 25.9 Å². The van der Waals surface area contributed by atoms with E-state index in [-0.39, 0.29) is 24.0 Å². The fourth-order valence-corrected chi connectivity index (χ4v) is 6.06. The van der Waals surface area contributed by atoms with Crippen molar-refractivity contribution in [2.75, 3.05) is 11.4 Å². The first kappa shape index (κ1) is 22.4. The maximum Gasteiger partial charge on any atom is 0.263 e. The van der Waals surface area contributed by atoms with Crippen molar-refractivity contribution in [3.05, 3.63) is 70.2 Å². The van der Waals surface area contributed by atoms with Gasteiger partial charge in [0.15, 0.2) is 0 Å². The molecule has 0 amide bonds. The molecule has 5 heteroatoms. The third kappa shape index (κ3) is 4.72. The van der Waals surface area contributed by atoms with E-state index in [1.807, 2.05) is 23.1 Å². The highest BCUT2D eigenvalue weighted by molar-refractivity contribution is 8.03. The van der Waals surface area contributed by atoms with E-state index in [1.54, 1.807) is 0 Å². The summed E-state index contributed by atoms with van der Waals surface area (Å²) < 4.78 is 3.82. The number of aryl methyl sites for hydroxylation is 1. The summed E-state index contributed by atoms with van der Waals surface area (Å²) in [5.74, 6) is 0. The lowest BCUT2D eigenvalue weighted by Crippen LogP contribution is -3.00. The molecule has 0 N–H and O–H groups in total. The summed E-state index contributed by atoms with van der Waals surface area (Å²) >= 11 is 3.77. The Bertz CT molecular complexity index is 1050. The molecule has 0 saturated heterocycles. The van der Waals surface area contributed by atoms with Gasteiger partial charge >= 0.3 is 0 Å². The van der Waals surface area contributed by atoms with Gasteiger partial charge in [0, 0.05) is 30.0 Å². The lowest BCUT2D eigenvalue weighted by molar-refractivity contribution is -0.668. The molecular formula is C24H27IN2S2. The molecule has 2 nitrogen and oxygen atoms in total. The van der Waals surface area contributed by atoms with Crippen LogP contribution in [0.25, 0.3) is 16.3 Å². The van der Waals surface area contributed by atoms with E-state index in [1.165, 1.54) is 36.4 Å². The number of rotatable bonds is 6. The SMILES string of the molecule is CCCN1C(=CC(C)=Cc2sc3ccccc3[n+]2CCC)Sc2ccccc21.[I-]. The number of halogens is 1. The van der Waals surface area contributed by atoms with Crippen molar-refractivity contribution in [3.8, 4) is 0 Å². The van der Waals surface area contributed by atoms with Crippen LogP contribution in [-0.2, 0) is 6.54 Å². The predicted molar refractivity (Wildman–Crippen MR) is 124 cm³/mol. The second-order valence-electron chi connectivity index (χ2n) is 7.15. The smallest absolute Gasteiger partial charge is 0.263 e. The summed E-state index contributed by atoms with van der Waals surface area (Å²) in [6.07, 6.45) is 6.98. The molecule has 152 valence electrons. The number of hydrogen-bond acceptors (Lipinski definition) is 3. The molecule has 4 rings (SSSR count). The van der Waals surface area contributed by atoms with Gasteiger partial charge in [0.1, 0.15) is 11.2 Å². The van der Waals surface area contributed by atoms with Crippen LogP contribution in [0.4, 0.5) is 5.69 Å². The van der Waals surface area contributed by atoms with Crippen molar-refractivity contribution in [3.63, 3.8) is 0 Å². The second kappa shape index (κ2) is 10.1. The molecule has 29 heavy (non-hydrogen) atoms. The molecular weight excluding hydrogens is 507 g/mol. The normalized spacial score (nSPS) is 15.1. The van der Waals surface area contributed by atoms with Crippen molar-refractivity contribution in [1.29, 1.82) is 0 Å². The van der Waals surface area contributed by atoms with Crippen LogP contribution in [0.2, 0.25) is 0 Å². The van der Waals surface area contributed by atoms with Crippen molar-refractivity contribution in [2.45, 2.75) is 45.1 Å². The average molecular weight is 535 g/mol. The Kier molecular flexibility index (Phi) is 7.82. The van der Waals surface area contributed by atoms with Crippen LogP contribution in [0.5, 0.6) is 0 Å². The number of benzene rings is 2. The summed E-state index contributed by atoms with van der Waals surface area (Å²) in [4.78, 5) is 3.82. The van der Waals surface area contributed by atoms with Gasteiger partial charge in [-0.05, 0) is 43.2 Å². The monoisotopic (exact) mass is 534 g/mol. The first-order valence-electron chi connectivity index (χ1n) is 10.1. The molecule has 2 heterocycles. The largest absolute Gasteiger partial charge is 1.00 e. The number of thioether (sulfide) groups is 1. The van der Waals surface area contributed by atoms with Crippen LogP contribution in [0.3, 0.4) is 0 Å². The minimum atomic E-state index is 0. The van der Waals surface area contributed by atoms with E-state index < -0.39 is 0 Å². The van der Waals surface area contributed by atoms with Crippen LogP contribution in [0, 0.1) is 0 Å². The minimum Gasteiger partial charge on any atom is -1.00 e. The molecule has 1 aliphatic rings. The Morgan fingerprint density at radius 3 is 2.59 bits per heavy atom. The standard InChI is InChI=1S/C24H27N2S2.HI/c1-4-14-25-19-10-6-8-12-21(19)27-23(25)16-18(3)17-24-26(15-5-2)20-11-7-9-13-22(20)28-24;/h6-13,16-17H,4-5,14-15H2,1-3H3;1H/q+1;/p-1. The first-order valence-corrected chi connectivity index (χ1v) is 11.7. The number of fused-ring (bicyclic) bond motifs is 2. The molecule has 0 saturated carbocycles. The van der Waals surface area contributed by atoms with Crippen molar-refractivity contribution in [2.24, 2.45) is 0 Å². The molecule has 1 aromatic heterocycles. The first-order chi connectivity index (χ1) is 13.7. The van der Waals surface area contributed by atoms with Crippen molar-refractivity contribution < 1.29 is 28.5 Å². The summed E-state index contributed by atoms with van der Waals surface area (Å²) in [6.45, 7) is 8.83. The van der Waals surface area contributed by atoms with Crippen LogP contribution in [0.1, 0.15) is 38.6 Å². The van der Waals surface area contributed by atoms with Crippen molar-refractivity contribution >= 4 is 45.1 Å². The van der Waals surface area contributed by atoms with Gasteiger partial charge in [-0.15, -0.1) is 0 Å². The Morgan fingerprint density at radius 1 is 1.03 bits per heavy atom. The summed E-state index contributed by atoms with van der Waals surface area (Å²) in [7, 11) is 0. The lowest BCUT2D eigenvalue weighted by Gasteiger charge is -2.19.